The van der Waals surface area contributed by atoms with Crippen molar-refractivity contribution in [3.05, 3.63) is 82.7 Å². The minimum absolute atomic E-state index is 0.175. The number of hydrogen-bond acceptors (Lipinski definition) is 6. The number of halogens is 1. The molecule has 1 saturated heterocycles. The number of piperazine rings is 1. The lowest BCUT2D eigenvalue weighted by atomic mass is 9.45. The summed E-state index contributed by atoms with van der Waals surface area (Å²) < 4.78 is 21.7. The number of rotatable bonds is 8. The van der Waals surface area contributed by atoms with Crippen molar-refractivity contribution >= 4 is 22.5 Å². The summed E-state index contributed by atoms with van der Waals surface area (Å²) in [6, 6.07) is 15.0. The standard InChI is InChI=1S/C40H50FN7O2/c1-7-46-17-18-47(24-25(46)2)39(45-35-20-29-19-33(26(35)3)40(29,4)5)43-30-11-13-32-36(21-30)44-37(28-9-8-15-42-23-28)48(38(32)49)16-14-27-10-12-31(50-6)22-34(27)41/h8-13,15,21-23,25-26,29,33,35H,7,14,16-20,24H2,1-6H3,(H,43,45)/t25-,26-,29-,33+,35-/m0/s1. The van der Waals surface area contributed by atoms with Crippen molar-refractivity contribution in [3.8, 4) is 17.1 Å². The van der Waals surface area contributed by atoms with Gasteiger partial charge in [0.25, 0.3) is 5.56 Å². The van der Waals surface area contributed by atoms with E-state index in [0.717, 1.165) is 49.8 Å². The summed E-state index contributed by atoms with van der Waals surface area (Å²) in [5.74, 6) is 3.43. The zero-order valence-electron chi connectivity index (χ0n) is 30.2. The molecule has 5 atom stereocenters. The summed E-state index contributed by atoms with van der Waals surface area (Å²) >= 11 is 0. The Morgan fingerprint density at radius 2 is 1.96 bits per heavy atom. The lowest BCUT2D eigenvalue weighted by molar-refractivity contribution is -0.108. The number of anilines is 1. The molecule has 8 rings (SSSR count). The van der Waals surface area contributed by atoms with Crippen molar-refractivity contribution in [1.82, 2.24) is 24.3 Å². The van der Waals surface area contributed by atoms with E-state index in [1.807, 2.05) is 30.3 Å². The number of nitrogens with zero attached hydrogens (tertiary/aromatic N) is 6. The van der Waals surface area contributed by atoms with Crippen molar-refractivity contribution in [3.63, 3.8) is 0 Å². The van der Waals surface area contributed by atoms with Crippen LogP contribution in [0, 0.1) is 29.0 Å². The summed E-state index contributed by atoms with van der Waals surface area (Å²) in [4.78, 5) is 33.9. The molecule has 3 heterocycles. The fourth-order valence-corrected chi connectivity index (χ4v) is 8.74. The summed E-state index contributed by atoms with van der Waals surface area (Å²) in [6.07, 6.45) is 6.16. The van der Waals surface area contributed by atoms with Crippen molar-refractivity contribution in [1.29, 1.82) is 0 Å². The van der Waals surface area contributed by atoms with Crippen LogP contribution >= 0.6 is 0 Å². The van der Waals surface area contributed by atoms with Gasteiger partial charge in [0.05, 0.1) is 24.1 Å². The Balaban J connectivity index is 1.23. The van der Waals surface area contributed by atoms with Gasteiger partial charge < -0.3 is 15.0 Å². The fraction of sp³-hybridized carbons (Fsp3) is 0.500. The Morgan fingerprint density at radius 3 is 2.64 bits per heavy atom. The molecule has 3 aliphatic carbocycles. The molecular weight excluding hydrogens is 629 g/mol. The second-order valence-corrected chi connectivity index (χ2v) is 15.1. The highest BCUT2D eigenvalue weighted by molar-refractivity contribution is 5.96. The van der Waals surface area contributed by atoms with Crippen molar-refractivity contribution in [2.75, 3.05) is 38.6 Å². The van der Waals surface area contributed by atoms with Gasteiger partial charge in [-0.1, -0.05) is 33.8 Å². The van der Waals surface area contributed by atoms with Gasteiger partial charge in [0.2, 0.25) is 0 Å². The van der Waals surface area contributed by atoms with E-state index in [1.165, 1.54) is 19.6 Å². The molecule has 0 radical (unpaired) electrons. The second-order valence-electron chi connectivity index (χ2n) is 15.1. The minimum atomic E-state index is -0.365. The molecule has 2 aromatic carbocycles. The number of aliphatic imine (C=N–C) groups is 1. The molecule has 264 valence electrons. The molecule has 0 amide bonds. The topological polar surface area (TPSA) is 87.9 Å². The number of pyridine rings is 1. The number of aromatic nitrogens is 3. The molecule has 0 unspecified atom stereocenters. The van der Waals surface area contributed by atoms with Crippen LogP contribution in [0.1, 0.15) is 53.0 Å². The lowest BCUT2D eigenvalue weighted by Gasteiger charge is -2.61. The first-order chi connectivity index (χ1) is 24.1. The fourth-order valence-electron chi connectivity index (χ4n) is 8.74. The predicted molar refractivity (Wildman–Crippen MR) is 198 cm³/mol. The molecule has 3 saturated carbocycles. The monoisotopic (exact) mass is 679 g/mol. The Labute approximate surface area is 294 Å². The normalized spacial score (nSPS) is 25.0. The Kier molecular flexibility index (Phi) is 9.41. The van der Waals surface area contributed by atoms with E-state index in [1.54, 1.807) is 29.1 Å². The van der Waals surface area contributed by atoms with E-state index in [2.05, 4.69) is 54.7 Å². The molecule has 2 aromatic heterocycles. The van der Waals surface area contributed by atoms with Crippen LogP contribution in [0.2, 0.25) is 0 Å². The van der Waals surface area contributed by atoms with E-state index >= 15 is 0 Å². The van der Waals surface area contributed by atoms with Crippen molar-refractivity contribution < 1.29 is 9.13 Å². The van der Waals surface area contributed by atoms with Crippen LogP contribution in [0.3, 0.4) is 0 Å². The number of nitrogens with one attached hydrogen (secondary N) is 1. The lowest BCUT2D eigenvalue weighted by Crippen LogP contribution is -2.58. The maximum absolute atomic E-state index is 14.9. The zero-order chi connectivity index (χ0) is 35.2. The maximum Gasteiger partial charge on any atom is 0.261 e. The molecule has 1 N–H and O–H groups in total. The molecular formula is C40H50FN7O2. The highest BCUT2D eigenvalue weighted by Gasteiger charge is 2.56. The number of ether oxygens (including phenoxy) is 1. The summed E-state index contributed by atoms with van der Waals surface area (Å²) in [5.41, 5.74) is 2.87. The number of fused-ring (bicyclic) bond motifs is 3. The van der Waals surface area contributed by atoms with Crippen LogP contribution in [0.4, 0.5) is 10.1 Å². The van der Waals surface area contributed by atoms with E-state index in [9.17, 15) is 9.18 Å². The number of likely N-dealkylation sites (N-methyl/N-ethyl adjacent to an activating group) is 1. The van der Waals surface area contributed by atoms with Crippen molar-refractivity contribution in [2.24, 2.45) is 28.2 Å². The van der Waals surface area contributed by atoms with Gasteiger partial charge in [-0.05, 0) is 97.9 Å². The number of aryl methyl sites for hydroxylation is 1. The molecule has 4 aliphatic rings. The van der Waals surface area contributed by atoms with Gasteiger partial charge in [0.1, 0.15) is 17.4 Å². The van der Waals surface area contributed by atoms with Crippen LogP contribution in [0.15, 0.2) is 70.7 Å². The third-order valence-corrected chi connectivity index (χ3v) is 12.1. The smallest absolute Gasteiger partial charge is 0.261 e. The Morgan fingerprint density at radius 1 is 1.12 bits per heavy atom. The molecule has 10 heteroatoms. The summed E-state index contributed by atoms with van der Waals surface area (Å²) in [7, 11) is 1.51. The predicted octanol–water partition coefficient (Wildman–Crippen LogP) is 6.71. The Bertz CT molecular complexity index is 1940. The highest BCUT2D eigenvalue weighted by Crippen LogP contribution is 2.61. The molecule has 2 bridgehead atoms. The van der Waals surface area contributed by atoms with Crippen molar-refractivity contribution in [2.45, 2.75) is 72.5 Å². The van der Waals surface area contributed by atoms with Crippen LogP contribution in [0.5, 0.6) is 5.75 Å². The van der Waals surface area contributed by atoms with Crippen LogP contribution in [-0.4, -0.2) is 75.7 Å². The molecule has 0 spiro atoms. The van der Waals surface area contributed by atoms with Gasteiger partial charge in [0.15, 0.2) is 5.96 Å². The Hall–Kier alpha value is -4.31. The second kappa shape index (κ2) is 13.8. The first-order valence-corrected chi connectivity index (χ1v) is 18.2. The van der Waals surface area contributed by atoms with Gasteiger partial charge in [-0.3, -0.25) is 19.2 Å². The highest BCUT2D eigenvalue weighted by atomic mass is 19.1. The first-order valence-electron chi connectivity index (χ1n) is 18.2. The van der Waals surface area contributed by atoms with Gasteiger partial charge in [-0.2, -0.15) is 0 Å². The maximum atomic E-state index is 14.9. The first kappa shape index (κ1) is 34.2. The third kappa shape index (κ3) is 6.38. The molecule has 1 aliphatic heterocycles. The number of hydrogen-bond donors (Lipinski definition) is 1. The van der Waals surface area contributed by atoms with Gasteiger partial charge in [-0.15, -0.1) is 0 Å². The van der Waals surface area contributed by atoms with E-state index in [0.29, 0.717) is 63.7 Å². The third-order valence-electron chi connectivity index (χ3n) is 12.1. The molecule has 9 nitrogen and oxygen atoms in total. The number of methoxy groups -OCH3 is 1. The average molecular weight is 680 g/mol. The van der Waals surface area contributed by atoms with E-state index in [4.69, 9.17) is 14.7 Å². The van der Waals surface area contributed by atoms with E-state index < -0.39 is 0 Å². The van der Waals surface area contributed by atoms with Crippen LogP contribution in [-0.2, 0) is 13.0 Å². The van der Waals surface area contributed by atoms with E-state index in [-0.39, 0.29) is 24.0 Å². The minimum Gasteiger partial charge on any atom is -0.497 e. The molecule has 50 heavy (non-hydrogen) atoms. The number of guanidine groups is 1. The zero-order valence-corrected chi connectivity index (χ0v) is 30.2. The largest absolute Gasteiger partial charge is 0.497 e. The van der Waals surface area contributed by atoms with Gasteiger partial charge in [0, 0.05) is 61.9 Å². The summed E-state index contributed by atoms with van der Waals surface area (Å²) in [6.45, 7) is 15.9. The summed E-state index contributed by atoms with van der Waals surface area (Å²) in [5, 5.41) is 4.22. The van der Waals surface area contributed by atoms with Crippen LogP contribution in [0.25, 0.3) is 22.3 Å². The SMILES string of the molecule is CCN1CCN(C(=N[C@H]2C[C@@H]3C[C@H]([C@@H]2C)C3(C)C)Nc2ccc3c(=O)n(CCc4ccc(OC)cc4F)c(-c4cccnc4)nc3c2)C[C@@H]1C. The average Bonchev–Trinajstić information content (AvgIpc) is 3.12. The van der Waals surface area contributed by atoms with Gasteiger partial charge >= 0.3 is 0 Å². The van der Waals surface area contributed by atoms with Gasteiger partial charge in [-0.25, -0.2) is 14.4 Å². The quantitative estimate of drug-likeness (QED) is 0.164. The molecule has 4 fully saturated rings. The van der Waals surface area contributed by atoms with Crippen LogP contribution < -0.4 is 15.6 Å². The molecule has 4 aromatic rings. The number of benzene rings is 2.